The maximum Gasteiger partial charge on any atom is 0.392 e. The summed E-state index contributed by atoms with van der Waals surface area (Å²) in [5, 5.41) is 10.3. The van der Waals surface area contributed by atoms with Crippen molar-refractivity contribution < 1.29 is 38.6 Å². The number of carbonyl (C=O) groups is 4. The van der Waals surface area contributed by atoms with Crippen LogP contribution in [0.25, 0.3) is 0 Å². The molecule has 0 aromatic heterocycles. The summed E-state index contributed by atoms with van der Waals surface area (Å²) >= 11 is 0. The van der Waals surface area contributed by atoms with Crippen LogP contribution in [0.4, 0.5) is 4.53 Å². The van der Waals surface area contributed by atoms with Gasteiger partial charge in [0.2, 0.25) is 0 Å². The molecule has 0 bridgehead atoms. The number of imide groups is 1. The lowest BCUT2D eigenvalue weighted by atomic mass is 9.95. The Bertz CT molecular complexity index is 611. The van der Waals surface area contributed by atoms with Gasteiger partial charge in [0.25, 0.3) is 17.4 Å². The number of hydrogen-bond acceptors (Lipinski definition) is 7. The number of nitrogens with zero attached hydrogens (tertiary/aromatic N) is 1. The highest BCUT2D eigenvalue weighted by molar-refractivity contribution is 6.06. The molecule has 2 amide bonds. The molecule has 8 nitrogen and oxygen atoms in total. The van der Waals surface area contributed by atoms with Gasteiger partial charge < -0.3 is 9.94 Å². The summed E-state index contributed by atoms with van der Waals surface area (Å²) in [7, 11) is 0. The lowest BCUT2D eigenvalue weighted by Gasteiger charge is -2.23. The van der Waals surface area contributed by atoms with E-state index in [1.54, 1.807) is 19.1 Å². The molecule has 0 aromatic rings. The van der Waals surface area contributed by atoms with Crippen molar-refractivity contribution in [1.82, 2.24) is 5.06 Å². The number of allylic oxidation sites excluding steroid dienone is 4. The van der Waals surface area contributed by atoms with Gasteiger partial charge in [0.15, 0.2) is 0 Å². The monoisotopic (exact) mass is 371 g/mol. The van der Waals surface area contributed by atoms with Crippen molar-refractivity contribution >= 4 is 23.8 Å². The highest BCUT2D eigenvalue weighted by atomic mass is 19.3. The Kier molecular flexibility index (Phi) is 9.75. The average molecular weight is 371 g/mol. The lowest BCUT2D eigenvalue weighted by molar-refractivity contribution is -0.226. The molecule has 1 fully saturated rings. The molecule has 0 aliphatic carbocycles. The topological polar surface area (TPSA) is 110 Å². The highest BCUT2D eigenvalue weighted by Gasteiger charge is 2.51. The minimum atomic E-state index is -3.10. The van der Waals surface area contributed by atoms with E-state index in [0.29, 0.717) is 0 Å². The Morgan fingerprint density at radius 3 is 2.23 bits per heavy atom. The van der Waals surface area contributed by atoms with Gasteiger partial charge in [0, 0.05) is 23.8 Å². The summed E-state index contributed by atoms with van der Waals surface area (Å²) in [6.07, 6.45) is 5.02. The molecule has 1 aliphatic heterocycles. The molecule has 144 valence electrons. The molecule has 0 aromatic carbocycles. The molecular weight excluding hydrogens is 349 g/mol. The van der Waals surface area contributed by atoms with E-state index in [1.807, 2.05) is 13.8 Å². The average Bonchev–Trinajstić information content (AvgIpc) is 2.94. The number of aliphatic hydroxyl groups is 1. The molecule has 0 spiro atoms. The summed E-state index contributed by atoms with van der Waals surface area (Å²) < 4.78 is 12.2. The zero-order valence-electron chi connectivity index (χ0n) is 14.9. The molecule has 1 heterocycles. The first-order chi connectivity index (χ1) is 12.3. The molecule has 1 N–H and O–H groups in total. The van der Waals surface area contributed by atoms with Gasteiger partial charge in [-0.1, -0.05) is 50.3 Å². The lowest BCUT2D eigenvalue weighted by Crippen LogP contribution is -2.51. The quantitative estimate of drug-likeness (QED) is 0.413. The predicted molar refractivity (Wildman–Crippen MR) is 88.4 cm³/mol. The third kappa shape index (κ3) is 5.92. The standard InChI is InChI=1S/C15H16FNO7.C2H6/c1-3-4-5-6-10(2)9-15(22,13(20)23-16)14(21)24-17-11(18)7-8-12(17)19;1-2/h3-6,22H,2,7-9H2,1H3;1-2H3/b4-3-,6-5-;. The smallest absolute Gasteiger partial charge is 0.369 e. The third-order valence-electron chi connectivity index (χ3n) is 3.04. The van der Waals surface area contributed by atoms with Crippen molar-refractivity contribution in [2.75, 3.05) is 0 Å². The van der Waals surface area contributed by atoms with E-state index >= 15 is 0 Å². The van der Waals surface area contributed by atoms with Crippen LogP contribution in [0.3, 0.4) is 0 Å². The second-order valence-electron chi connectivity index (χ2n) is 4.91. The number of amides is 2. The van der Waals surface area contributed by atoms with Crippen LogP contribution in [-0.4, -0.2) is 39.5 Å². The number of carbonyl (C=O) groups excluding carboxylic acids is 4. The first-order valence-electron chi connectivity index (χ1n) is 7.87. The van der Waals surface area contributed by atoms with Gasteiger partial charge in [-0.3, -0.25) is 14.5 Å². The Hall–Kier alpha value is -2.81. The van der Waals surface area contributed by atoms with Gasteiger partial charge >= 0.3 is 11.9 Å². The Morgan fingerprint density at radius 2 is 1.77 bits per heavy atom. The fraction of sp³-hybridized carbons (Fsp3) is 0.412. The molecule has 1 saturated heterocycles. The van der Waals surface area contributed by atoms with Crippen molar-refractivity contribution in [3.05, 3.63) is 36.5 Å². The van der Waals surface area contributed by atoms with Crippen molar-refractivity contribution in [2.24, 2.45) is 0 Å². The van der Waals surface area contributed by atoms with Crippen molar-refractivity contribution in [2.45, 2.75) is 45.6 Å². The summed E-state index contributed by atoms with van der Waals surface area (Å²) in [5.41, 5.74) is -3.04. The van der Waals surface area contributed by atoms with Crippen LogP contribution in [0, 0.1) is 0 Å². The fourth-order valence-corrected chi connectivity index (χ4v) is 1.80. The van der Waals surface area contributed by atoms with Gasteiger partial charge in [0.05, 0.1) is 0 Å². The molecule has 26 heavy (non-hydrogen) atoms. The van der Waals surface area contributed by atoms with Crippen LogP contribution >= 0.6 is 0 Å². The Morgan fingerprint density at radius 1 is 1.23 bits per heavy atom. The Balaban J connectivity index is 0.00000301. The largest absolute Gasteiger partial charge is 0.392 e. The number of rotatable bonds is 7. The van der Waals surface area contributed by atoms with E-state index in [2.05, 4.69) is 16.4 Å². The van der Waals surface area contributed by atoms with Crippen LogP contribution in [0.2, 0.25) is 0 Å². The van der Waals surface area contributed by atoms with E-state index in [9.17, 15) is 28.8 Å². The molecule has 1 atom stereocenters. The number of hydroxylamine groups is 2. The van der Waals surface area contributed by atoms with Crippen LogP contribution in [-0.2, 0) is 29.0 Å². The van der Waals surface area contributed by atoms with E-state index in [1.165, 1.54) is 12.2 Å². The van der Waals surface area contributed by atoms with Crippen LogP contribution in [0.1, 0.15) is 40.0 Å². The first kappa shape index (κ1) is 23.2. The van der Waals surface area contributed by atoms with E-state index in [-0.39, 0.29) is 23.5 Å². The summed E-state index contributed by atoms with van der Waals surface area (Å²) in [4.78, 5) is 53.7. The van der Waals surface area contributed by atoms with Gasteiger partial charge in [-0.05, 0) is 6.92 Å². The minimum absolute atomic E-state index is 0.0667. The van der Waals surface area contributed by atoms with Crippen LogP contribution < -0.4 is 0 Å². The van der Waals surface area contributed by atoms with E-state index < -0.39 is 35.8 Å². The second kappa shape index (κ2) is 10.9. The molecule has 9 heteroatoms. The zero-order chi connectivity index (χ0) is 20.3. The molecule has 1 aliphatic rings. The molecule has 0 saturated carbocycles. The first-order valence-corrected chi connectivity index (χ1v) is 7.87. The highest BCUT2D eigenvalue weighted by Crippen LogP contribution is 2.23. The van der Waals surface area contributed by atoms with Crippen molar-refractivity contribution in [1.29, 1.82) is 0 Å². The fourth-order valence-electron chi connectivity index (χ4n) is 1.80. The van der Waals surface area contributed by atoms with Gasteiger partial charge in [-0.25, -0.2) is 9.59 Å². The second-order valence-corrected chi connectivity index (χ2v) is 4.91. The maximum atomic E-state index is 12.2. The number of halogens is 1. The summed E-state index contributed by atoms with van der Waals surface area (Å²) in [5.74, 6) is -5.33. The summed E-state index contributed by atoms with van der Waals surface area (Å²) in [6, 6.07) is 0. The van der Waals surface area contributed by atoms with Gasteiger partial charge in [0.1, 0.15) is 0 Å². The zero-order valence-corrected chi connectivity index (χ0v) is 14.9. The summed E-state index contributed by atoms with van der Waals surface area (Å²) in [6.45, 7) is 9.25. The molecule has 1 unspecified atom stereocenters. The van der Waals surface area contributed by atoms with Gasteiger partial charge in [-0.2, -0.15) is 0 Å². The Labute approximate surface area is 150 Å². The SMILES string of the molecule is C=C(/C=C\C=C/C)CC(O)(C(=O)OF)C(=O)ON1C(=O)CCC1=O.CC. The van der Waals surface area contributed by atoms with Gasteiger partial charge in [-0.15, -0.1) is 5.06 Å². The molecular formula is C17H22FNO7. The van der Waals surface area contributed by atoms with Crippen LogP contribution in [0.5, 0.6) is 0 Å². The molecule has 1 rings (SSSR count). The van der Waals surface area contributed by atoms with Crippen molar-refractivity contribution in [3.63, 3.8) is 0 Å². The van der Waals surface area contributed by atoms with E-state index in [0.717, 1.165) is 0 Å². The molecule has 0 radical (unpaired) electrons. The third-order valence-corrected chi connectivity index (χ3v) is 3.04. The number of hydrogen-bond donors (Lipinski definition) is 1. The maximum absolute atomic E-state index is 12.2. The predicted octanol–water partition coefficient (Wildman–Crippen LogP) is 1.86. The van der Waals surface area contributed by atoms with Crippen LogP contribution in [0.15, 0.2) is 36.5 Å². The minimum Gasteiger partial charge on any atom is -0.369 e. The van der Waals surface area contributed by atoms with E-state index in [4.69, 9.17) is 0 Å². The normalized spacial score (nSPS) is 16.3. The van der Waals surface area contributed by atoms with Crippen molar-refractivity contribution in [3.8, 4) is 0 Å².